The molecule has 0 aliphatic heterocycles. The molecule has 0 saturated heterocycles. The van der Waals surface area contributed by atoms with Crippen molar-refractivity contribution in [1.29, 1.82) is 0 Å². The highest BCUT2D eigenvalue weighted by Crippen LogP contribution is 2.32. The van der Waals surface area contributed by atoms with E-state index in [0.29, 0.717) is 18.0 Å². The molecule has 90 valence electrons. The van der Waals surface area contributed by atoms with Crippen molar-refractivity contribution in [3.8, 4) is 0 Å². The molecule has 2 rings (SSSR count). The Hall–Kier alpha value is -1.49. The highest BCUT2D eigenvalue weighted by molar-refractivity contribution is 7.80. The molecule has 0 unspecified atom stereocenters. The lowest BCUT2D eigenvalue weighted by Gasteiger charge is -2.10. The normalized spacial score (nSPS) is 14.4. The summed E-state index contributed by atoms with van der Waals surface area (Å²) in [6, 6.07) is 4.39. The van der Waals surface area contributed by atoms with Crippen LogP contribution < -0.4 is 11.1 Å². The van der Waals surface area contributed by atoms with Gasteiger partial charge in [0.05, 0.1) is 11.3 Å². The Morgan fingerprint density at radius 2 is 2.24 bits per heavy atom. The number of nitrogens with one attached hydrogen (secondary N) is 1. The zero-order chi connectivity index (χ0) is 12.4. The average molecular weight is 252 g/mol. The molecule has 0 atom stereocenters. The molecule has 0 bridgehead atoms. The quantitative estimate of drug-likeness (QED) is 0.808. The van der Waals surface area contributed by atoms with Crippen molar-refractivity contribution in [3.63, 3.8) is 0 Å². The summed E-state index contributed by atoms with van der Waals surface area (Å²) in [6.07, 6.45) is 2.67. The number of carbonyl (C=O) groups excluding carboxylic acids is 1. The van der Waals surface area contributed by atoms with Gasteiger partial charge in [0.25, 0.3) is 0 Å². The van der Waals surface area contributed by atoms with Crippen molar-refractivity contribution in [2.75, 3.05) is 5.32 Å². The summed E-state index contributed by atoms with van der Waals surface area (Å²) in [7, 11) is 0. The van der Waals surface area contributed by atoms with Crippen molar-refractivity contribution in [1.82, 2.24) is 0 Å². The first kappa shape index (κ1) is 12.0. The Bertz CT molecular complexity index is 472. The van der Waals surface area contributed by atoms with Gasteiger partial charge in [-0.3, -0.25) is 4.79 Å². The molecule has 1 aromatic rings. The second kappa shape index (κ2) is 4.79. The van der Waals surface area contributed by atoms with E-state index in [-0.39, 0.29) is 16.5 Å². The average Bonchev–Trinajstić information content (AvgIpc) is 3.00. The fourth-order valence-corrected chi connectivity index (χ4v) is 1.87. The Morgan fingerprint density at radius 3 is 2.82 bits per heavy atom. The van der Waals surface area contributed by atoms with E-state index in [0.717, 1.165) is 12.8 Å². The summed E-state index contributed by atoms with van der Waals surface area (Å²) in [6.45, 7) is 0. The molecule has 1 aromatic carbocycles. The topological polar surface area (TPSA) is 55.1 Å². The molecule has 3 N–H and O–H groups in total. The molecule has 1 aliphatic carbocycles. The third-order valence-corrected chi connectivity index (χ3v) is 2.91. The van der Waals surface area contributed by atoms with Gasteiger partial charge < -0.3 is 11.1 Å². The van der Waals surface area contributed by atoms with Gasteiger partial charge in [0, 0.05) is 6.42 Å². The van der Waals surface area contributed by atoms with E-state index in [1.54, 1.807) is 6.07 Å². The van der Waals surface area contributed by atoms with E-state index >= 15 is 0 Å². The van der Waals surface area contributed by atoms with Gasteiger partial charge in [-0.15, -0.1) is 0 Å². The highest BCUT2D eigenvalue weighted by atomic mass is 32.1. The number of hydrogen-bond acceptors (Lipinski definition) is 2. The minimum absolute atomic E-state index is 0.0511. The largest absolute Gasteiger partial charge is 0.389 e. The highest BCUT2D eigenvalue weighted by Gasteiger charge is 2.25. The number of rotatable bonds is 4. The number of amides is 1. The van der Waals surface area contributed by atoms with Crippen LogP contribution in [-0.2, 0) is 4.79 Å². The molecule has 1 saturated carbocycles. The van der Waals surface area contributed by atoms with Crippen LogP contribution in [0.2, 0.25) is 0 Å². The molecule has 3 nitrogen and oxygen atoms in total. The summed E-state index contributed by atoms with van der Waals surface area (Å²) in [4.78, 5) is 11.6. The summed E-state index contributed by atoms with van der Waals surface area (Å²) in [5.74, 6) is -0.144. The molecule has 1 aliphatic rings. The Morgan fingerprint density at radius 1 is 1.53 bits per heavy atom. The number of nitrogens with two attached hydrogens (primary N) is 1. The fourth-order valence-electron chi connectivity index (χ4n) is 1.66. The first-order valence-electron chi connectivity index (χ1n) is 5.46. The van der Waals surface area contributed by atoms with Crippen LogP contribution in [0.3, 0.4) is 0 Å². The number of anilines is 1. The van der Waals surface area contributed by atoms with Crippen LogP contribution in [0.25, 0.3) is 0 Å². The number of hydrogen-bond donors (Lipinski definition) is 2. The van der Waals surface area contributed by atoms with E-state index in [1.165, 1.54) is 12.1 Å². The van der Waals surface area contributed by atoms with E-state index < -0.39 is 5.82 Å². The Balaban J connectivity index is 2.16. The lowest BCUT2D eigenvalue weighted by Crippen LogP contribution is -2.19. The Kier molecular flexibility index (Phi) is 3.38. The van der Waals surface area contributed by atoms with Crippen LogP contribution >= 0.6 is 12.2 Å². The lowest BCUT2D eigenvalue weighted by atomic mass is 10.1. The van der Waals surface area contributed by atoms with Crippen molar-refractivity contribution in [2.24, 2.45) is 11.7 Å². The molecule has 0 heterocycles. The maximum Gasteiger partial charge on any atom is 0.224 e. The van der Waals surface area contributed by atoms with E-state index in [4.69, 9.17) is 18.0 Å². The van der Waals surface area contributed by atoms with Gasteiger partial charge in [0.1, 0.15) is 10.8 Å². The first-order chi connectivity index (χ1) is 8.08. The van der Waals surface area contributed by atoms with E-state index in [1.807, 2.05) is 0 Å². The van der Waals surface area contributed by atoms with Crippen LogP contribution in [-0.4, -0.2) is 10.9 Å². The molecular weight excluding hydrogens is 239 g/mol. The number of carbonyl (C=O) groups is 1. The second-order valence-electron chi connectivity index (χ2n) is 4.22. The van der Waals surface area contributed by atoms with Crippen LogP contribution in [0.1, 0.15) is 24.8 Å². The van der Waals surface area contributed by atoms with Gasteiger partial charge in [0.15, 0.2) is 0 Å². The number of halogens is 1. The van der Waals surface area contributed by atoms with Crippen molar-refractivity contribution >= 4 is 28.8 Å². The molecular formula is C12H13FN2OS. The van der Waals surface area contributed by atoms with Gasteiger partial charge in [-0.2, -0.15) is 0 Å². The monoisotopic (exact) mass is 252 g/mol. The molecule has 0 aromatic heterocycles. The first-order valence-corrected chi connectivity index (χ1v) is 5.87. The number of thiocarbonyl (C=S) groups is 1. The minimum atomic E-state index is -0.512. The van der Waals surface area contributed by atoms with Crippen molar-refractivity contribution in [2.45, 2.75) is 19.3 Å². The molecule has 1 fully saturated rings. The predicted molar refractivity (Wildman–Crippen MR) is 68.3 cm³/mol. The van der Waals surface area contributed by atoms with Gasteiger partial charge in [-0.25, -0.2) is 4.39 Å². The smallest absolute Gasteiger partial charge is 0.224 e. The minimum Gasteiger partial charge on any atom is -0.389 e. The van der Waals surface area contributed by atoms with Crippen molar-refractivity contribution < 1.29 is 9.18 Å². The zero-order valence-electron chi connectivity index (χ0n) is 9.20. The van der Waals surface area contributed by atoms with Gasteiger partial charge in [-0.05, 0) is 30.9 Å². The summed E-state index contributed by atoms with van der Waals surface area (Å²) < 4.78 is 13.5. The van der Waals surface area contributed by atoms with Crippen molar-refractivity contribution in [3.05, 3.63) is 29.6 Å². The summed E-state index contributed by atoms with van der Waals surface area (Å²) in [5.41, 5.74) is 5.90. The third kappa shape index (κ3) is 3.00. The van der Waals surface area contributed by atoms with Crippen LogP contribution in [0.4, 0.5) is 10.1 Å². The van der Waals surface area contributed by atoms with E-state index in [9.17, 15) is 9.18 Å². The zero-order valence-corrected chi connectivity index (χ0v) is 10.0. The van der Waals surface area contributed by atoms with E-state index in [2.05, 4.69) is 5.32 Å². The maximum atomic E-state index is 13.5. The lowest BCUT2D eigenvalue weighted by molar-refractivity contribution is -0.116. The molecule has 5 heteroatoms. The predicted octanol–water partition coefficient (Wildman–Crippen LogP) is 2.20. The standard InChI is InChI=1S/C12H13FN2OS/c13-8-2-1-3-9(11(8)12(14)17)15-10(16)6-7-4-5-7/h1-3,7H,4-6H2,(H2,14,17)(H,15,16). The Labute approximate surface area is 104 Å². The van der Waals surface area contributed by atoms with Gasteiger partial charge in [-0.1, -0.05) is 18.3 Å². The fraction of sp³-hybridized carbons (Fsp3) is 0.333. The number of benzene rings is 1. The third-order valence-electron chi connectivity index (χ3n) is 2.71. The molecule has 1 amide bonds. The van der Waals surface area contributed by atoms with Crippen LogP contribution in [0.15, 0.2) is 18.2 Å². The summed E-state index contributed by atoms with van der Waals surface area (Å²) >= 11 is 4.78. The summed E-state index contributed by atoms with van der Waals surface area (Å²) in [5, 5.41) is 2.66. The molecule has 0 spiro atoms. The van der Waals surface area contributed by atoms with Gasteiger partial charge >= 0.3 is 0 Å². The van der Waals surface area contributed by atoms with Crippen LogP contribution in [0.5, 0.6) is 0 Å². The second-order valence-corrected chi connectivity index (χ2v) is 4.66. The molecule has 0 radical (unpaired) electrons. The van der Waals surface area contributed by atoms with Crippen LogP contribution in [0, 0.1) is 11.7 Å². The maximum absolute atomic E-state index is 13.5. The SMILES string of the molecule is NC(=S)c1c(F)cccc1NC(=O)CC1CC1. The molecule has 17 heavy (non-hydrogen) atoms. The van der Waals surface area contributed by atoms with Gasteiger partial charge in [0.2, 0.25) is 5.91 Å².